The van der Waals surface area contributed by atoms with Crippen molar-refractivity contribution in [2.75, 3.05) is 13.7 Å². The Morgan fingerprint density at radius 1 is 1.22 bits per heavy atom. The van der Waals surface area contributed by atoms with Gasteiger partial charge in [-0.1, -0.05) is 35.6 Å². The van der Waals surface area contributed by atoms with Crippen LogP contribution in [-0.4, -0.2) is 40.1 Å². The lowest BCUT2D eigenvalue weighted by atomic mass is 10.1. The van der Waals surface area contributed by atoms with Crippen molar-refractivity contribution in [3.63, 3.8) is 0 Å². The highest BCUT2D eigenvalue weighted by atomic mass is 32.1. The molecule has 0 radical (unpaired) electrons. The van der Waals surface area contributed by atoms with Gasteiger partial charge in [-0.2, -0.15) is 4.68 Å². The largest absolute Gasteiger partial charge is 0.469 e. The summed E-state index contributed by atoms with van der Waals surface area (Å²) in [7, 11) is 1.30. The van der Waals surface area contributed by atoms with Gasteiger partial charge in [-0.25, -0.2) is 9.37 Å². The highest BCUT2D eigenvalue weighted by Crippen LogP contribution is 2.24. The first-order valence-corrected chi connectivity index (χ1v) is 10.8. The van der Waals surface area contributed by atoms with Crippen LogP contribution in [0.1, 0.15) is 23.7 Å². The van der Waals surface area contributed by atoms with E-state index < -0.39 is 5.97 Å². The fourth-order valence-corrected chi connectivity index (χ4v) is 4.30. The van der Waals surface area contributed by atoms with E-state index in [2.05, 4.69) is 15.1 Å². The van der Waals surface area contributed by atoms with Crippen LogP contribution < -0.4 is 5.56 Å². The summed E-state index contributed by atoms with van der Waals surface area (Å²) in [5, 5.41) is 3.50. The second-order valence-electron chi connectivity index (χ2n) is 7.17. The van der Waals surface area contributed by atoms with Crippen LogP contribution in [-0.2, 0) is 22.4 Å². The lowest BCUT2D eigenvalue weighted by Gasteiger charge is -2.02. The number of para-hydroxylation sites is 1. The van der Waals surface area contributed by atoms with Gasteiger partial charge in [-0.3, -0.25) is 19.7 Å². The van der Waals surface area contributed by atoms with Crippen molar-refractivity contribution in [3.8, 4) is 5.13 Å². The Morgan fingerprint density at radius 3 is 2.69 bits per heavy atom. The van der Waals surface area contributed by atoms with Crippen molar-refractivity contribution >= 4 is 33.2 Å². The van der Waals surface area contributed by atoms with Gasteiger partial charge in [0.25, 0.3) is 5.56 Å². The number of nitrogens with zero attached hydrogens (tertiary/aromatic N) is 3. The maximum absolute atomic E-state index is 13.3. The van der Waals surface area contributed by atoms with Crippen molar-refractivity contribution in [1.82, 2.24) is 14.8 Å². The number of H-pyrrole nitrogens is 1. The molecule has 0 spiro atoms. The van der Waals surface area contributed by atoms with E-state index in [1.807, 2.05) is 24.3 Å². The van der Waals surface area contributed by atoms with E-state index >= 15 is 0 Å². The molecule has 0 aliphatic heterocycles. The van der Waals surface area contributed by atoms with Crippen LogP contribution >= 0.6 is 11.3 Å². The van der Waals surface area contributed by atoms with E-state index in [1.54, 1.807) is 19.1 Å². The summed E-state index contributed by atoms with van der Waals surface area (Å²) < 4.78 is 20.2. The summed E-state index contributed by atoms with van der Waals surface area (Å²) in [6.07, 6.45) is 0.504. The summed E-state index contributed by atoms with van der Waals surface area (Å²) in [6, 6.07) is 13.8. The molecule has 0 saturated heterocycles. The highest BCUT2D eigenvalue weighted by Gasteiger charge is 2.21. The zero-order valence-corrected chi connectivity index (χ0v) is 18.4. The van der Waals surface area contributed by atoms with Crippen molar-refractivity contribution in [3.05, 3.63) is 81.5 Å². The second-order valence-corrected chi connectivity index (χ2v) is 8.18. The van der Waals surface area contributed by atoms with E-state index in [4.69, 9.17) is 4.74 Å². The summed E-state index contributed by atoms with van der Waals surface area (Å²) >= 11 is 1.37. The normalized spacial score (nSPS) is 11.8. The number of aromatic nitrogens is 3. The van der Waals surface area contributed by atoms with Crippen molar-refractivity contribution in [2.24, 2.45) is 4.99 Å². The molecule has 7 nitrogen and oxygen atoms in total. The number of rotatable bonds is 7. The van der Waals surface area contributed by atoms with E-state index in [1.165, 1.54) is 35.3 Å². The summed E-state index contributed by atoms with van der Waals surface area (Å²) in [6.45, 7) is 2.15. The van der Waals surface area contributed by atoms with Gasteiger partial charge in [0, 0.05) is 12.3 Å². The minimum absolute atomic E-state index is 0.0935. The van der Waals surface area contributed by atoms with Gasteiger partial charge < -0.3 is 4.74 Å². The summed E-state index contributed by atoms with van der Waals surface area (Å²) in [5.41, 5.74) is 2.66. The van der Waals surface area contributed by atoms with Gasteiger partial charge in [-0.05, 0) is 43.2 Å². The van der Waals surface area contributed by atoms with E-state index in [0.29, 0.717) is 35.1 Å². The number of nitrogens with one attached hydrogen (secondary N) is 1. The monoisotopic (exact) mass is 452 g/mol. The maximum Gasteiger partial charge on any atom is 0.311 e. The van der Waals surface area contributed by atoms with Crippen molar-refractivity contribution in [1.29, 1.82) is 0 Å². The third-order valence-electron chi connectivity index (χ3n) is 5.01. The number of methoxy groups -OCH3 is 1. The Bertz CT molecular complexity index is 1320. The number of benzene rings is 2. The third-order valence-corrected chi connectivity index (χ3v) is 6.03. The molecule has 0 fully saturated rings. The number of ether oxygens (including phenoxy) is 1. The topological polar surface area (TPSA) is 89.3 Å². The number of carbonyl (C=O) groups excluding carboxylic acids is 1. The first-order valence-electron chi connectivity index (χ1n) is 9.99. The molecule has 0 saturated carbocycles. The van der Waals surface area contributed by atoms with Crippen LogP contribution in [0.3, 0.4) is 0 Å². The minimum Gasteiger partial charge on any atom is -0.469 e. The number of hydrogen-bond donors (Lipinski definition) is 1. The average molecular weight is 453 g/mol. The molecule has 0 aliphatic carbocycles. The van der Waals surface area contributed by atoms with E-state index in [9.17, 15) is 14.0 Å². The Hall–Kier alpha value is -3.59. The highest BCUT2D eigenvalue weighted by molar-refractivity contribution is 7.20. The standard InChI is InChI=1S/C23H21FN4O3S/c1-14(25-12-11-15-7-9-16(24)10-8-15)21-18(13-20(29)31-2)27-28(22(21)30)23-26-17-5-3-4-6-19(17)32-23/h3-10,27H,11-13H2,1-2H3. The fourth-order valence-electron chi connectivity index (χ4n) is 3.37. The number of esters is 1. The number of fused-ring (bicyclic) bond motifs is 1. The number of hydrogen-bond acceptors (Lipinski definition) is 6. The first-order chi connectivity index (χ1) is 15.5. The predicted octanol–water partition coefficient (Wildman–Crippen LogP) is 3.68. The van der Waals surface area contributed by atoms with Crippen LogP contribution in [0.4, 0.5) is 4.39 Å². The molecule has 4 rings (SSSR count). The zero-order valence-electron chi connectivity index (χ0n) is 17.6. The lowest BCUT2D eigenvalue weighted by molar-refractivity contribution is -0.139. The zero-order chi connectivity index (χ0) is 22.7. The van der Waals surface area contributed by atoms with Gasteiger partial charge >= 0.3 is 5.97 Å². The van der Waals surface area contributed by atoms with Crippen molar-refractivity contribution in [2.45, 2.75) is 19.8 Å². The van der Waals surface area contributed by atoms with Crippen molar-refractivity contribution < 1.29 is 13.9 Å². The summed E-state index contributed by atoms with van der Waals surface area (Å²) in [5.74, 6) is -0.758. The predicted molar refractivity (Wildman–Crippen MR) is 122 cm³/mol. The molecule has 0 bridgehead atoms. The number of thiazole rings is 1. The number of carbonyl (C=O) groups is 1. The molecule has 0 atom stereocenters. The van der Waals surface area contributed by atoms with Gasteiger partial charge in [0.15, 0.2) is 0 Å². The Balaban J connectivity index is 1.67. The molecule has 2 aromatic heterocycles. The number of aromatic amines is 1. The van der Waals surface area contributed by atoms with Gasteiger partial charge in [0.2, 0.25) is 5.13 Å². The van der Waals surface area contributed by atoms with Crippen LogP contribution in [0, 0.1) is 5.82 Å². The molecule has 0 aliphatic rings. The minimum atomic E-state index is -0.469. The van der Waals surface area contributed by atoms with Crippen LogP contribution in [0.2, 0.25) is 0 Å². The van der Waals surface area contributed by atoms with Gasteiger partial charge in [0.1, 0.15) is 5.82 Å². The molecular formula is C23H21FN4O3S. The molecule has 0 amide bonds. The molecule has 32 heavy (non-hydrogen) atoms. The van der Waals surface area contributed by atoms with Gasteiger partial charge in [0.05, 0.1) is 35.0 Å². The van der Waals surface area contributed by atoms with Crippen LogP contribution in [0.5, 0.6) is 0 Å². The van der Waals surface area contributed by atoms with E-state index in [-0.39, 0.29) is 17.8 Å². The lowest BCUT2D eigenvalue weighted by Crippen LogP contribution is -2.20. The smallest absolute Gasteiger partial charge is 0.311 e. The van der Waals surface area contributed by atoms with Crippen LogP contribution in [0.15, 0.2) is 58.3 Å². The molecule has 2 aromatic carbocycles. The number of halogens is 1. The maximum atomic E-state index is 13.3. The molecular weight excluding hydrogens is 431 g/mol. The molecule has 2 heterocycles. The Labute approximate surface area is 187 Å². The van der Waals surface area contributed by atoms with E-state index in [0.717, 1.165) is 15.8 Å². The number of aliphatic imine (C=N–C) groups is 1. The third kappa shape index (κ3) is 4.52. The van der Waals surface area contributed by atoms with Gasteiger partial charge in [-0.15, -0.1) is 0 Å². The second kappa shape index (κ2) is 9.27. The Morgan fingerprint density at radius 2 is 1.97 bits per heavy atom. The first kappa shape index (κ1) is 21.6. The average Bonchev–Trinajstić information content (AvgIpc) is 3.35. The molecule has 164 valence electrons. The summed E-state index contributed by atoms with van der Waals surface area (Å²) in [4.78, 5) is 34.3. The molecule has 0 unspecified atom stereocenters. The molecule has 1 N–H and O–H groups in total. The SMILES string of the molecule is COC(=O)Cc1[nH]n(-c2nc3ccccc3s2)c(=O)c1C(C)=NCCc1ccc(F)cc1. The van der Waals surface area contributed by atoms with Crippen LogP contribution in [0.25, 0.3) is 15.3 Å². The molecule has 9 heteroatoms. The fraction of sp³-hybridized carbons (Fsp3) is 0.217. The molecule has 4 aromatic rings. The quantitative estimate of drug-likeness (QED) is 0.342. The Kier molecular flexibility index (Phi) is 6.27.